The van der Waals surface area contributed by atoms with Crippen LogP contribution in [0.5, 0.6) is 0 Å². The van der Waals surface area contributed by atoms with E-state index in [9.17, 15) is 14.0 Å². The molecule has 1 heterocycles. The number of rotatable bonds is 2. The van der Waals surface area contributed by atoms with E-state index < -0.39 is 0 Å². The van der Waals surface area contributed by atoms with Gasteiger partial charge in [0.1, 0.15) is 18.0 Å². The summed E-state index contributed by atoms with van der Waals surface area (Å²) in [6.07, 6.45) is 0.522. The van der Waals surface area contributed by atoms with Gasteiger partial charge in [0.2, 0.25) is 5.88 Å². The highest BCUT2D eigenvalue weighted by atomic mass is 19.1. The average Bonchev–Trinajstić information content (AvgIpc) is 2.95. The number of allylic oxidation sites excluding steroid dienone is 1. The van der Waals surface area contributed by atoms with E-state index in [2.05, 4.69) is 0 Å². The summed E-state index contributed by atoms with van der Waals surface area (Å²) in [5.74, 6) is -0.420. The zero-order valence-corrected chi connectivity index (χ0v) is 12.5. The Labute approximate surface area is 128 Å². The molecule has 0 bridgehead atoms. The Balaban J connectivity index is 1.86. The third-order valence-electron chi connectivity index (χ3n) is 4.25. The zero-order chi connectivity index (χ0) is 15.7. The Hall–Kier alpha value is -2.17. The van der Waals surface area contributed by atoms with Crippen LogP contribution in [0.15, 0.2) is 35.7 Å². The van der Waals surface area contributed by atoms with Gasteiger partial charge in [-0.2, -0.15) is 0 Å². The highest BCUT2D eigenvalue weighted by Crippen LogP contribution is 2.34. The van der Waals surface area contributed by atoms with Crippen LogP contribution in [0.1, 0.15) is 31.2 Å². The van der Waals surface area contributed by atoms with Crippen LogP contribution in [0, 0.1) is 5.82 Å². The lowest BCUT2D eigenvalue weighted by atomic mass is 9.80. The molecule has 1 aromatic carbocycles. The molecular formula is C17H18FNO3. The molecular weight excluding hydrogens is 285 g/mol. The van der Waals surface area contributed by atoms with Crippen LogP contribution in [0.4, 0.5) is 4.39 Å². The van der Waals surface area contributed by atoms with Gasteiger partial charge < -0.3 is 9.64 Å². The lowest BCUT2D eigenvalue weighted by Gasteiger charge is -2.25. The summed E-state index contributed by atoms with van der Waals surface area (Å²) in [5.41, 5.74) is 1.03. The molecule has 0 aromatic heterocycles. The molecule has 1 aliphatic heterocycles. The minimum absolute atomic E-state index is 0.179. The van der Waals surface area contributed by atoms with Gasteiger partial charge in [-0.05, 0) is 30.5 Å². The number of Topliss-reactive ketones (excluding diaryl/α,β-unsaturated/α-hetero) is 2. The van der Waals surface area contributed by atoms with Crippen molar-refractivity contribution in [1.29, 1.82) is 0 Å². The van der Waals surface area contributed by atoms with E-state index in [4.69, 9.17) is 4.74 Å². The number of likely N-dealkylation sites (N-methyl/N-ethyl adjacent to an activating group) is 1. The summed E-state index contributed by atoms with van der Waals surface area (Å²) >= 11 is 0. The smallest absolute Gasteiger partial charge is 0.204 e. The summed E-state index contributed by atoms with van der Waals surface area (Å²) in [5, 5.41) is 0. The minimum atomic E-state index is -0.321. The molecule has 1 aliphatic carbocycles. The molecule has 2 fully saturated rings. The first-order valence-corrected chi connectivity index (χ1v) is 7.54. The second kappa shape index (κ2) is 5.91. The molecule has 2 aliphatic rings. The number of carbonyl (C=O) groups excluding carboxylic acids is 2. The van der Waals surface area contributed by atoms with E-state index in [0.717, 1.165) is 5.56 Å². The molecule has 0 radical (unpaired) electrons. The van der Waals surface area contributed by atoms with Gasteiger partial charge in [-0.15, -0.1) is 0 Å². The monoisotopic (exact) mass is 303 g/mol. The van der Waals surface area contributed by atoms with Crippen molar-refractivity contribution in [3.05, 3.63) is 47.1 Å². The summed E-state index contributed by atoms with van der Waals surface area (Å²) in [6, 6.07) is 6.00. The third-order valence-corrected chi connectivity index (χ3v) is 4.25. The summed E-state index contributed by atoms with van der Waals surface area (Å²) < 4.78 is 18.5. The SMILES string of the molecule is CCN1CCOC1=C1C(=O)CC(c2ccc(F)cc2)CC1=O. The van der Waals surface area contributed by atoms with E-state index >= 15 is 0 Å². The van der Waals surface area contributed by atoms with Crippen molar-refractivity contribution in [3.8, 4) is 0 Å². The molecule has 5 heteroatoms. The lowest BCUT2D eigenvalue weighted by molar-refractivity contribution is -0.124. The topological polar surface area (TPSA) is 46.6 Å². The third kappa shape index (κ3) is 2.63. The van der Waals surface area contributed by atoms with Gasteiger partial charge in [-0.25, -0.2) is 4.39 Å². The van der Waals surface area contributed by atoms with Gasteiger partial charge in [-0.1, -0.05) is 12.1 Å². The number of benzene rings is 1. The molecule has 4 nitrogen and oxygen atoms in total. The number of ketones is 2. The second-order valence-electron chi connectivity index (χ2n) is 5.61. The van der Waals surface area contributed by atoms with E-state index in [-0.39, 0.29) is 41.7 Å². The molecule has 0 spiro atoms. The Kier molecular flexibility index (Phi) is 3.96. The van der Waals surface area contributed by atoms with Crippen LogP contribution in [0.25, 0.3) is 0 Å². The fourth-order valence-electron chi connectivity index (χ4n) is 3.07. The second-order valence-corrected chi connectivity index (χ2v) is 5.61. The number of halogens is 1. The van der Waals surface area contributed by atoms with Crippen molar-refractivity contribution in [2.45, 2.75) is 25.7 Å². The van der Waals surface area contributed by atoms with Crippen LogP contribution in [-0.2, 0) is 14.3 Å². The number of carbonyl (C=O) groups is 2. The van der Waals surface area contributed by atoms with E-state index in [1.165, 1.54) is 12.1 Å². The Bertz CT molecular complexity index is 616. The van der Waals surface area contributed by atoms with Crippen molar-refractivity contribution < 1.29 is 18.7 Å². The van der Waals surface area contributed by atoms with Crippen molar-refractivity contribution in [1.82, 2.24) is 4.90 Å². The van der Waals surface area contributed by atoms with Crippen LogP contribution in [0.2, 0.25) is 0 Å². The highest BCUT2D eigenvalue weighted by Gasteiger charge is 2.37. The molecule has 3 rings (SSSR count). The van der Waals surface area contributed by atoms with Crippen LogP contribution in [0.3, 0.4) is 0 Å². The first kappa shape index (κ1) is 14.8. The maximum absolute atomic E-state index is 13.0. The van der Waals surface area contributed by atoms with Crippen LogP contribution >= 0.6 is 0 Å². The van der Waals surface area contributed by atoms with E-state index in [1.807, 2.05) is 11.8 Å². The molecule has 0 amide bonds. The van der Waals surface area contributed by atoms with Crippen LogP contribution < -0.4 is 0 Å². The molecule has 1 aromatic rings. The predicted molar refractivity (Wildman–Crippen MR) is 78.6 cm³/mol. The van der Waals surface area contributed by atoms with Gasteiger partial charge in [0, 0.05) is 19.4 Å². The lowest BCUT2D eigenvalue weighted by Crippen LogP contribution is -2.30. The van der Waals surface area contributed by atoms with Crippen molar-refractivity contribution in [2.75, 3.05) is 19.7 Å². The fourth-order valence-corrected chi connectivity index (χ4v) is 3.07. The van der Waals surface area contributed by atoms with Gasteiger partial charge in [0.05, 0.1) is 6.54 Å². The van der Waals surface area contributed by atoms with Gasteiger partial charge in [0.15, 0.2) is 11.6 Å². The molecule has 1 saturated carbocycles. The Morgan fingerprint density at radius 1 is 1.18 bits per heavy atom. The first-order chi connectivity index (χ1) is 10.6. The normalized spacial score (nSPS) is 22.3. The Morgan fingerprint density at radius 3 is 2.41 bits per heavy atom. The predicted octanol–water partition coefficient (Wildman–Crippen LogP) is 2.41. The fraction of sp³-hybridized carbons (Fsp3) is 0.412. The van der Waals surface area contributed by atoms with Gasteiger partial charge in [0.25, 0.3) is 0 Å². The summed E-state index contributed by atoms with van der Waals surface area (Å²) in [6.45, 7) is 3.89. The quantitative estimate of drug-likeness (QED) is 0.622. The minimum Gasteiger partial charge on any atom is -0.477 e. The van der Waals surface area contributed by atoms with Gasteiger partial charge in [-0.3, -0.25) is 9.59 Å². The molecule has 1 saturated heterocycles. The van der Waals surface area contributed by atoms with Crippen molar-refractivity contribution in [2.24, 2.45) is 0 Å². The van der Waals surface area contributed by atoms with E-state index in [0.29, 0.717) is 25.6 Å². The Morgan fingerprint density at radius 2 is 1.82 bits per heavy atom. The maximum atomic E-state index is 13.0. The highest BCUT2D eigenvalue weighted by molar-refractivity contribution is 6.22. The maximum Gasteiger partial charge on any atom is 0.204 e. The summed E-state index contributed by atoms with van der Waals surface area (Å²) in [4.78, 5) is 26.8. The van der Waals surface area contributed by atoms with Crippen molar-refractivity contribution in [3.63, 3.8) is 0 Å². The molecule has 0 atom stereocenters. The number of hydrogen-bond donors (Lipinski definition) is 0. The molecule has 22 heavy (non-hydrogen) atoms. The van der Waals surface area contributed by atoms with Crippen molar-refractivity contribution >= 4 is 11.6 Å². The first-order valence-electron chi connectivity index (χ1n) is 7.54. The van der Waals surface area contributed by atoms with Gasteiger partial charge >= 0.3 is 0 Å². The largest absolute Gasteiger partial charge is 0.477 e. The summed E-state index contributed by atoms with van der Waals surface area (Å²) in [7, 11) is 0. The van der Waals surface area contributed by atoms with E-state index in [1.54, 1.807) is 12.1 Å². The zero-order valence-electron chi connectivity index (χ0n) is 12.5. The standard InChI is InChI=1S/C17H18FNO3/c1-2-19-7-8-22-17(19)16-14(20)9-12(10-15(16)21)11-3-5-13(18)6-4-11/h3-6,12H,2,7-10H2,1H3. The number of hydrogen-bond acceptors (Lipinski definition) is 4. The number of nitrogens with zero attached hydrogens (tertiary/aromatic N) is 1. The molecule has 0 unspecified atom stereocenters. The molecule has 0 N–H and O–H groups in total. The average molecular weight is 303 g/mol. The van der Waals surface area contributed by atoms with Crippen LogP contribution in [-0.4, -0.2) is 36.2 Å². The molecule has 116 valence electrons. The number of ether oxygens (including phenoxy) is 1.